The first-order valence-corrected chi connectivity index (χ1v) is 5.42. The average molecular weight is 233 g/mol. The van der Waals surface area contributed by atoms with Gasteiger partial charge in [-0.05, 0) is 25.5 Å². The van der Waals surface area contributed by atoms with Gasteiger partial charge in [0.1, 0.15) is 11.8 Å². The second kappa shape index (κ2) is 5.97. The van der Waals surface area contributed by atoms with Gasteiger partial charge in [0, 0.05) is 6.54 Å². The van der Waals surface area contributed by atoms with Gasteiger partial charge in [-0.2, -0.15) is 5.26 Å². The van der Waals surface area contributed by atoms with E-state index >= 15 is 0 Å². The standard InChI is InChI=1S/C12H15N3O2/c1-3-10(16)7-14-12(17)11-5-4-9(6-13)8(2)15-11/h4-5,10,16H,3,7H2,1-2H3,(H,14,17). The zero-order valence-electron chi connectivity index (χ0n) is 9.90. The lowest BCUT2D eigenvalue weighted by Crippen LogP contribution is -2.32. The lowest BCUT2D eigenvalue weighted by atomic mass is 10.2. The van der Waals surface area contributed by atoms with Crippen molar-refractivity contribution in [2.45, 2.75) is 26.4 Å². The summed E-state index contributed by atoms with van der Waals surface area (Å²) in [5.41, 5.74) is 1.23. The Labute approximate surface area is 100 Å². The second-order valence-corrected chi connectivity index (χ2v) is 3.71. The average Bonchev–Trinajstić information content (AvgIpc) is 2.35. The summed E-state index contributed by atoms with van der Waals surface area (Å²) in [7, 11) is 0. The van der Waals surface area contributed by atoms with Crippen LogP contribution in [0.15, 0.2) is 12.1 Å². The summed E-state index contributed by atoms with van der Waals surface area (Å²) in [5.74, 6) is -0.343. The number of hydrogen-bond donors (Lipinski definition) is 2. The minimum Gasteiger partial charge on any atom is -0.391 e. The number of hydrogen-bond acceptors (Lipinski definition) is 4. The molecule has 1 atom stereocenters. The molecule has 0 aromatic carbocycles. The quantitative estimate of drug-likeness (QED) is 0.804. The number of carbonyl (C=O) groups excluding carboxylic acids is 1. The van der Waals surface area contributed by atoms with Crippen LogP contribution < -0.4 is 5.32 Å². The largest absolute Gasteiger partial charge is 0.391 e. The number of pyridine rings is 1. The van der Waals surface area contributed by atoms with E-state index in [9.17, 15) is 9.90 Å². The molecule has 2 N–H and O–H groups in total. The number of aliphatic hydroxyl groups is 1. The van der Waals surface area contributed by atoms with Crippen LogP contribution in [0.25, 0.3) is 0 Å². The van der Waals surface area contributed by atoms with Crippen molar-refractivity contribution in [3.8, 4) is 6.07 Å². The minimum absolute atomic E-state index is 0.204. The van der Waals surface area contributed by atoms with Crippen LogP contribution >= 0.6 is 0 Å². The second-order valence-electron chi connectivity index (χ2n) is 3.71. The Bertz CT molecular complexity index is 452. The third-order valence-electron chi connectivity index (χ3n) is 2.41. The molecule has 0 aliphatic heterocycles. The highest BCUT2D eigenvalue weighted by Crippen LogP contribution is 2.05. The molecule has 1 aromatic heterocycles. The third kappa shape index (κ3) is 3.54. The highest BCUT2D eigenvalue weighted by molar-refractivity contribution is 5.92. The maximum atomic E-state index is 11.6. The molecule has 0 aliphatic rings. The number of nitrogens with one attached hydrogen (secondary N) is 1. The van der Waals surface area contributed by atoms with Crippen LogP contribution in [-0.2, 0) is 0 Å². The normalized spacial score (nSPS) is 11.6. The lowest BCUT2D eigenvalue weighted by Gasteiger charge is -2.09. The number of aliphatic hydroxyl groups excluding tert-OH is 1. The summed E-state index contributed by atoms with van der Waals surface area (Å²) in [6.07, 6.45) is 0.0403. The van der Waals surface area contributed by atoms with Crippen molar-refractivity contribution in [3.05, 3.63) is 29.1 Å². The number of rotatable bonds is 4. The van der Waals surface area contributed by atoms with Crippen molar-refractivity contribution in [3.63, 3.8) is 0 Å². The third-order valence-corrected chi connectivity index (χ3v) is 2.41. The number of amides is 1. The molecule has 5 nitrogen and oxygen atoms in total. The zero-order chi connectivity index (χ0) is 12.8. The molecule has 1 heterocycles. The van der Waals surface area contributed by atoms with Crippen molar-refractivity contribution < 1.29 is 9.90 Å². The maximum absolute atomic E-state index is 11.6. The van der Waals surface area contributed by atoms with Crippen molar-refractivity contribution >= 4 is 5.91 Å². The number of aromatic nitrogens is 1. The Morgan fingerprint density at radius 3 is 2.88 bits per heavy atom. The Morgan fingerprint density at radius 1 is 1.65 bits per heavy atom. The van der Waals surface area contributed by atoms with Crippen LogP contribution in [0.3, 0.4) is 0 Å². The SMILES string of the molecule is CCC(O)CNC(=O)c1ccc(C#N)c(C)n1. The Balaban J connectivity index is 2.71. The van der Waals surface area contributed by atoms with E-state index in [0.717, 1.165) is 0 Å². The highest BCUT2D eigenvalue weighted by Gasteiger charge is 2.10. The van der Waals surface area contributed by atoms with Crippen molar-refractivity contribution in [1.29, 1.82) is 5.26 Å². The van der Waals surface area contributed by atoms with Crippen LogP contribution in [0.4, 0.5) is 0 Å². The number of nitriles is 1. The fourth-order valence-corrected chi connectivity index (χ4v) is 1.25. The predicted molar refractivity (Wildman–Crippen MR) is 62.3 cm³/mol. The molecular formula is C12H15N3O2. The smallest absolute Gasteiger partial charge is 0.269 e. The highest BCUT2D eigenvalue weighted by atomic mass is 16.3. The number of nitrogens with zero attached hydrogens (tertiary/aromatic N) is 2. The van der Waals surface area contributed by atoms with Gasteiger partial charge >= 0.3 is 0 Å². The Kier molecular flexibility index (Phi) is 4.61. The summed E-state index contributed by atoms with van der Waals surface area (Å²) in [6.45, 7) is 3.72. The maximum Gasteiger partial charge on any atom is 0.269 e. The molecule has 17 heavy (non-hydrogen) atoms. The summed E-state index contributed by atoms with van der Waals surface area (Å²) >= 11 is 0. The van der Waals surface area contributed by atoms with Gasteiger partial charge in [-0.15, -0.1) is 0 Å². The minimum atomic E-state index is -0.543. The van der Waals surface area contributed by atoms with E-state index in [2.05, 4.69) is 10.3 Å². The summed E-state index contributed by atoms with van der Waals surface area (Å²) in [4.78, 5) is 15.7. The van der Waals surface area contributed by atoms with Gasteiger partial charge in [-0.1, -0.05) is 6.92 Å². The molecule has 0 spiro atoms. The van der Waals surface area contributed by atoms with Gasteiger partial charge in [0.15, 0.2) is 0 Å². The van der Waals surface area contributed by atoms with Gasteiger partial charge in [-0.25, -0.2) is 4.98 Å². The Morgan fingerprint density at radius 2 is 2.35 bits per heavy atom. The lowest BCUT2D eigenvalue weighted by molar-refractivity contribution is 0.0909. The van der Waals surface area contributed by atoms with Crippen LogP contribution in [0, 0.1) is 18.3 Å². The van der Waals surface area contributed by atoms with Crippen molar-refractivity contribution in [2.75, 3.05) is 6.54 Å². The van der Waals surface area contributed by atoms with E-state index < -0.39 is 6.10 Å². The molecule has 0 saturated heterocycles. The van der Waals surface area contributed by atoms with Crippen molar-refractivity contribution in [1.82, 2.24) is 10.3 Å². The van der Waals surface area contributed by atoms with E-state index in [1.807, 2.05) is 13.0 Å². The molecule has 0 bridgehead atoms. The molecule has 90 valence electrons. The van der Waals surface area contributed by atoms with Gasteiger partial charge < -0.3 is 10.4 Å². The monoisotopic (exact) mass is 233 g/mol. The molecular weight excluding hydrogens is 218 g/mol. The molecule has 1 unspecified atom stereocenters. The van der Waals surface area contributed by atoms with E-state index in [4.69, 9.17) is 5.26 Å². The first kappa shape index (κ1) is 13.1. The summed E-state index contributed by atoms with van der Waals surface area (Å²) in [6, 6.07) is 5.05. The topological polar surface area (TPSA) is 86.0 Å². The van der Waals surface area contributed by atoms with Crippen LogP contribution in [-0.4, -0.2) is 28.6 Å². The van der Waals surface area contributed by atoms with E-state index in [-0.39, 0.29) is 18.1 Å². The van der Waals surface area contributed by atoms with Gasteiger partial charge in [0.2, 0.25) is 0 Å². The first-order chi connectivity index (χ1) is 8.08. The molecule has 1 aromatic rings. The summed E-state index contributed by atoms with van der Waals surface area (Å²) < 4.78 is 0. The zero-order valence-corrected chi connectivity index (χ0v) is 9.90. The van der Waals surface area contributed by atoms with Gasteiger partial charge in [0.05, 0.1) is 17.4 Å². The van der Waals surface area contributed by atoms with Crippen LogP contribution in [0.5, 0.6) is 0 Å². The van der Waals surface area contributed by atoms with Crippen molar-refractivity contribution in [2.24, 2.45) is 0 Å². The number of carbonyl (C=O) groups is 1. The van der Waals surface area contributed by atoms with Gasteiger partial charge in [-0.3, -0.25) is 4.79 Å². The van der Waals surface area contributed by atoms with Crippen LogP contribution in [0.2, 0.25) is 0 Å². The predicted octanol–water partition coefficient (Wildman–Crippen LogP) is 0.762. The molecule has 1 amide bonds. The van der Waals surface area contributed by atoms with E-state index in [1.54, 1.807) is 13.0 Å². The molecule has 0 fully saturated rings. The van der Waals surface area contributed by atoms with E-state index in [1.165, 1.54) is 6.07 Å². The fraction of sp³-hybridized carbons (Fsp3) is 0.417. The van der Waals surface area contributed by atoms with E-state index in [0.29, 0.717) is 17.7 Å². The molecule has 0 aliphatic carbocycles. The fourth-order valence-electron chi connectivity index (χ4n) is 1.25. The molecule has 0 saturated carbocycles. The molecule has 0 radical (unpaired) electrons. The summed E-state index contributed by atoms with van der Waals surface area (Å²) in [5, 5.41) is 20.6. The van der Waals surface area contributed by atoms with Gasteiger partial charge in [0.25, 0.3) is 5.91 Å². The molecule has 1 rings (SSSR count). The first-order valence-electron chi connectivity index (χ1n) is 5.42. The van der Waals surface area contributed by atoms with Crippen LogP contribution in [0.1, 0.15) is 35.1 Å². The number of aryl methyl sites for hydroxylation is 1. The molecule has 5 heteroatoms. The Hall–Kier alpha value is -1.93.